The molecule has 2 aromatic rings. The molecule has 152 valence electrons. The molecule has 0 atom stereocenters. The fourth-order valence-corrected chi connectivity index (χ4v) is 6.43. The molecule has 2 heterocycles. The largest absolute Gasteiger partial charge is 0.336 e. The van der Waals surface area contributed by atoms with Crippen molar-refractivity contribution < 1.29 is 13.2 Å². The van der Waals surface area contributed by atoms with E-state index in [1.54, 1.807) is 16.4 Å². The topological polar surface area (TPSA) is 57.7 Å². The van der Waals surface area contributed by atoms with Gasteiger partial charge >= 0.3 is 0 Å². The van der Waals surface area contributed by atoms with Crippen molar-refractivity contribution in [1.82, 2.24) is 9.21 Å². The van der Waals surface area contributed by atoms with E-state index in [2.05, 4.69) is 0 Å². The van der Waals surface area contributed by atoms with Crippen LogP contribution in [-0.4, -0.2) is 42.7 Å². The third-order valence-corrected chi connectivity index (χ3v) is 8.46. The Balaban J connectivity index is 1.70. The molecule has 1 aromatic carbocycles. The first-order chi connectivity index (χ1) is 13.4. The maximum absolute atomic E-state index is 12.9. The number of thiophene rings is 1. The summed E-state index contributed by atoms with van der Waals surface area (Å²) in [7, 11) is -3.44. The van der Waals surface area contributed by atoms with Crippen molar-refractivity contribution in [3.05, 3.63) is 52.9 Å². The summed E-state index contributed by atoms with van der Waals surface area (Å²) in [5.74, 6) is 0.0163. The number of nitrogens with zero attached hydrogens (tertiary/aromatic N) is 2. The monoisotopic (exact) mass is 420 g/mol. The highest BCUT2D eigenvalue weighted by Crippen LogP contribution is 2.28. The predicted molar refractivity (Wildman–Crippen MR) is 113 cm³/mol. The quantitative estimate of drug-likeness (QED) is 0.683. The number of hydrogen-bond acceptors (Lipinski definition) is 4. The van der Waals surface area contributed by atoms with Gasteiger partial charge in [0, 0.05) is 30.6 Å². The molecule has 0 N–H and O–H groups in total. The van der Waals surface area contributed by atoms with E-state index in [1.165, 1.54) is 11.3 Å². The fraction of sp³-hybridized carbons (Fsp3) is 0.476. The van der Waals surface area contributed by atoms with E-state index in [9.17, 15) is 13.2 Å². The molecular formula is C21H28N2O3S2. The Morgan fingerprint density at radius 3 is 2.39 bits per heavy atom. The molecule has 1 fully saturated rings. The molecule has 5 nitrogen and oxygen atoms in total. The molecule has 0 spiro atoms. The van der Waals surface area contributed by atoms with Crippen molar-refractivity contribution in [2.75, 3.05) is 13.1 Å². The van der Waals surface area contributed by atoms with Crippen molar-refractivity contribution in [3.63, 3.8) is 0 Å². The van der Waals surface area contributed by atoms with E-state index in [-0.39, 0.29) is 18.4 Å². The zero-order valence-corrected chi connectivity index (χ0v) is 18.1. The zero-order chi connectivity index (χ0) is 20.1. The zero-order valence-electron chi connectivity index (χ0n) is 16.5. The first kappa shape index (κ1) is 21.0. The van der Waals surface area contributed by atoms with Gasteiger partial charge in [-0.1, -0.05) is 36.8 Å². The molecule has 7 heteroatoms. The van der Waals surface area contributed by atoms with Crippen molar-refractivity contribution in [2.24, 2.45) is 0 Å². The highest BCUT2D eigenvalue weighted by Gasteiger charge is 2.28. The Labute approximate surface area is 172 Å². The molecule has 0 aliphatic carbocycles. The van der Waals surface area contributed by atoms with Crippen molar-refractivity contribution in [3.8, 4) is 0 Å². The summed E-state index contributed by atoms with van der Waals surface area (Å²) < 4.78 is 27.5. The van der Waals surface area contributed by atoms with Gasteiger partial charge in [0.25, 0.3) is 10.0 Å². The smallest absolute Gasteiger partial charge is 0.252 e. The average Bonchev–Trinajstić information content (AvgIpc) is 3.16. The Morgan fingerprint density at radius 2 is 1.75 bits per heavy atom. The van der Waals surface area contributed by atoms with E-state index in [4.69, 9.17) is 0 Å². The number of benzene rings is 1. The Hall–Kier alpha value is -1.70. The van der Waals surface area contributed by atoms with E-state index in [0.29, 0.717) is 23.8 Å². The third kappa shape index (κ3) is 5.01. The Bertz CT molecular complexity index is 885. The second-order valence-corrected chi connectivity index (χ2v) is 10.8. The number of carbonyl (C=O) groups is 1. The Morgan fingerprint density at radius 1 is 1.07 bits per heavy atom. The van der Waals surface area contributed by atoms with Crippen LogP contribution in [0.4, 0.5) is 0 Å². The summed E-state index contributed by atoms with van der Waals surface area (Å²) in [5, 5.41) is 0. The van der Waals surface area contributed by atoms with Gasteiger partial charge in [-0.25, -0.2) is 8.42 Å². The first-order valence-electron chi connectivity index (χ1n) is 9.80. The second kappa shape index (κ2) is 9.20. The standard InChI is InChI=1S/C21H28N2O3S2/c1-17(2)23(16-18-9-5-3-6-10-18)20(24)15-19-11-12-21(27-19)28(25,26)22-13-7-4-8-14-22/h3,5-6,9-12,17H,4,7-8,13-16H2,1-2H3. The summed E-state index contributed by atoms with van der Waals surface area (Å²) in [6.45, 7) is 5.74. The van der Waals surface area contributed by atoms with E-state index < -0.39 is 10.0 Å². The van der Waals surface area contributed by atoms with Gasteiger partial charge in [-0.05, 0) is 44.4 Å². The number of rotatable bonds is 7. The van der Waals surface area contributed by atoms with Gasteiger partial charge in [-0.2, -0.15) is 4.31 Å². The number of hydrogen-bond donors (Lipinski definition) is 0. The molecule has 1 saturated heterocycles. The van der Waals surface area contributed by atoms with Gasteiger partial charge in [0.1, 0.15) is 4.21 Å². The number of piperidine rings is 1. The van der Waals surface area contributed by atoms with Gasteiger partial charge in [0.05, 0.1) is 6.42 Å². The summed E-state index contributed by atoms with van der Waals surface area (Å²) in [5.41, 5.74) is 1.09. The molecule has 1 amide bonds. The van der Waals surface area contributed by atoms with Crippen LogP contribution in [0.15, 0.2) is 46.7 Å². The van der Waals surface area contributed by atoms with E-state index in [0.717, 1.165) is 29.7 Å². The van der Waals surface area contributed by atoms with Crippen LogP contribution in [0.25, 0.3) is 0 Å². The van der Waals surface area contributed by atoms with Crippen LogP contribution in [0.5, 0.6) is 0 Å². The molecule has 1 aliphatic rings. The number of carbonyl (C=O) groups excluding carboxylic acids is 1. The van der Waals surface area contributed by atoms with Gasteiger partial charge in [-0.15, -0.1) is 11.3 Å². The van der Waals surface area contributed by atoms with Gasteiger partial charge in [0.15, 0.2) is 0 Å². The van der Waals surface area contributed by atoms with E-state index >= 15 is 0 Å². The van der Waals surface area contributed by atoms with E-state index in [1.807, 2.05) is 49.1 Å². The lowest BCUT2D eigenvalue weighted by Gasteiger charge is -2.27. The average molecular weight is 421 g/mol. The van der Waals surface area contributed by atoms with Crippen LogP contribution in [-0.2, 0) is 27.8 Å². The van der Waals surface area contributed by atoms with Crippen molar-refractivity contribution in [2.45, 2.75) is 56.3 Å². The number of amides is 1. The molecule has 1 aromatic heterocycles. The predicted octanol–water partition coefficient (Wildman–Crippen LogP) is 3.90. The maximum Gasteiger partial charge on any atom is 0.252 e. The lowest BCUT2D eigenvalue weighted by atomic mass is 10.1. The molecule has 3 rings (SSSR count). The van der Waals surface area contributed by atoms with Gasteiger partial charge < -0.3 is 4.90 Å². The van der Waals surface area contributed by atoms with Crippen LogP contribution < -0.4 is 0 Å². The minimum atomic E-state index is -3.44. The molecular weight excluding hydrogens is 392 g/mol. The molecule has 0 bridgehead atoms. The summed E-state index contributed by atoms with van der Waals surface area (Å²) in [4.78, 5) is 15.5. The van der Waals surface area contributed by atoms with Gasteiger partial charge in [0.2, 0.25) is 5.91 Å². The fourth-order valence-electron chi connectivity index (χ4n) is 3.41. The SMILES string of the molecule is CC(C)N(Cc1ccccc1)C(=O)Cc1ccc(S(=O)(=O)N2CCCCC2)s1. The van der Waals surface area contributed by atoms with Crippen LogP contribution >= 0.6 is 11.3 Å². The lowest BCUT2D eigenvalue weighted by Crippen LogP contribution is -2.37. The van der Waals surface area contributed by atoms with Gasteiger partial charge in [-0.3, -0.25) is 4.79 Å². The minimum Gasteiger partial charge on any atom is -0.336 e. The first-order valence-corrected chi connectivity index (χ1v) is 12.1. The molecule has 0 unspecified atom stereocenters. The highest BCUT2D eigenvalue weighted by molar-refractivity contribution is 7.91. The summed E-state index contributed by atoms with van der Waals surface area (Å²) in [6, 6.07) is 13.4. The third-order valence-electron chi connectivity index (χ3n) is 5.01. The maximum atomic E-state index is 12.9. The lowest BCUT2D eigenvalue weighted by molar-refractivity contribution is -0.132. The molecule has 1 aliphatic heterocycles. The van der Waals surface area contributed by atoms with Crippen molar-refractivity contribution in [1.29, 1.82) is 0 Å². The van der Waals surface area contributed by atoms with Crippen molar-refractivity contribution >= 4 is 27.3 Å². The van der Waals surface area contributed by atoms with Crippen LogP contribution in [0, 0.1) is 0 Å². The summed E-state index contributed by atoms with van der Waals surface area (Å²) >= 11 is 1.22. The molecule has 0 saturated carbocycles. The minimum absolute atomic E-state index is 0.0163. The van der Waals surface area contributed by atoms with Crippen LogP contribution in [0.3, 0.4) is 0 Å². The van der Waals surface area contributed by atoms with Crippen LogP contribution in [0.1, 0.15) is 43.6 Å². The normalized spacial score (nSPS) is 15.7. The van der Waals surface area contributed by atoms with Crippen LogP contribution in [0.2, 0.25) is 0 Å². The number of sulfonamides is 1. The Kier molecular flexibility index (Phi) is 6.91. The second-order valence-electron chi connectivity index (χ2n) is 7.46. The molecule has 28 heavy (non-hydrogen) atoms. The summed E-state index contributed by atoms with van der Waals surface area (Å²) in [6.07, 6.45) is 3.14. The molecule has 0 radical (unpaired) electrons. The highest BCUT2D eigenvalue weighted by atomic mass is 32.2.